The first-order valence-corrected chi connectivity index (χ1v) is 9.04. The van der Waals surface area contributed by atoms with Crippen molar-refractivity contribution < 1.29 is 0 Å². The molecule has 7 nitrogen and oxygen atoms in total. The summed E-state index contributed by atoms with van der Waals surface area (Å²) in [4.78, 5) is 25.4. The van der Waals surface area contributed by atoms with Crippen molar-refractivity contribution in [3.63, 3.8) is 0 Å². The predicted octanol–water partition coefficient (Wildman–Crippen LogP) is 1.73. The van der Waals surface area contributed by atoms with Gasteiger partial charge in [-0.1, -0.05) is 11.6 Å². The first-order chi connectivity index (χ1) is 12.1. The Labute approximate surface area is 151 Å². The summed E-state index contributed by atoms with van der Waals surface area (Å²) in [6, 6.07) is 0. The van der Waals surface area contributed by atoms with Gasteiger partial charge in [0.25, 0.3) is 5.56 Å². The van der Waals surface area contributed by atoms with Crippen molar-refractivity contribution in [2.75, 3.05) is 36.0 Å². The van der Waals surface area contributed by atoms with E-state index in [2.05, 4.69) is 24.9 Å². The average molecular weight is 361 g/mol. The molecule has 8 heteroatoms. The zero-order valence-electron chi connectivity index (χ0n) is 14.2. The molecule has 0 N–H and O–H groups in total. The lowest BCUT2D eigenvalue weighted by molar-refractivity contribution is 0.531. The zero-order valence-corrected chi connectivity index (χ0v) is 15.0. The first-order valence-electron chi connectivity index (χ1n) is 8.66. The highest BCUT2D eigenvalue weighted by Crippen LogP contribution is 2.30. The highest BCUT2D eigenvalue weighted by Gasteiger charge is 2.25. The Morgan fingerprint density at radius 2 is 1.72 bits per heavy atom. The van der Waals surface area contributed by atoms with Gasteiger partial charge in [-0.05, 0) is 31.2 Å². The third-order valence-corrected chi connectivity index (χ3v) is 5.12. The molecule has 2 fully saturated rings. The molecule has 3 heterocycles. The van der Waals surface area contributed by atoms with E-state index in [4.69, 9.17) is 11.6 Å². The number of halogens is 1. The number of rotatable bonds is 4. The molecule has 4 rings (SSSR count). The van der Waals surface area contributed by atoms with Crippen LogP contribution in [0, 0.1) is 12.8 Å². The van der Waals surface area contributed by atoms with Gasteiger partial charge in [-0.25, -0.2) is 14.6 Å². The van der Waals surface area contributed by atoms with Crippen molar-refractivity contribution in [2.24, 2.45) is 5.92 Å². The van der Waals surface area contributed by atoms with Crippen LogP contribution in [0.1, 0.15) is 18.4 Å². The Bertz CT molecular complexity index is 809. The minimum atomic E-state index is -0.185. The molecule has 0 atom stereocenters. The van der Waals surface area contributed by atoms with E-state index in [0.717, 1.165) is 43.4 Å². The molecule has 0 bridgehead atoms. The Morgan fingerprint density at radius 1 is 1.08 bits per heavy atom. The van der Waals surface area contributed by atoms with Crippen LogP contribution < -0.4 is 15.4 Å². The van der Waals surface area contributed by atoms with Crippen molar-refractivity contribution in [3.8, 4) is 0 Å². The fourth-order valence-electron chi connectivity index (χ4n) is 3.05. The SMILES string of the molecule is Cc1cnc(N2CCN(c3cnn(CC4CC4)c(=O)c3Cl)CC2)nc1. The van der Waals surface area contributed by atoms with Crippen LogP contribution in [0.3, 0.4) is 0 Å². The van der Waals surface area contributed by atoms with E-state index in [1.54, 1.807) is 6.20 Å². The van der Waals surface area contributed by atoms with Crippen LogP contribution in [0.15, 0.2) is 23.4 Å². The first kappa shape index (κ1) is 16.3. The number of aryl methyl sites for hydroxylation is 1. The molecule has 1 aliphatic heterocycles. The minimum Gasteiger partial charge on any atom is -0.365 e. The van der Waals surface area contributed by atoms with E-state index in [0.29, 0.717) is 12.5 Å². The molecule has 1 saturated carbocycles. The van der Waals surface area contributed by atoms with Crippen LogP contribution in [0.4, 0.5) is 11.6 Å². The van der Waals surface area contributed by atoms with Crippen molar-refractivity contribution in [1.29, 1.82) is 0 Å². The second kappa shape index (κ2) is 6.63. The molecule has 25 heavy (non-hydrogen) atoms. The summed E-state index contributed by atoms with van der Waals surface area (Å²) >= 11 is 6.35. The average Bonchev–Trinajstić information content (AvgIpc) is 3.44. The van der Waals surface area contributed by atoms with Gasteiger partial charge in [-0.15, -0.1) is 0 Å². The molecule has 0 aromatic carbocycles. The molecule has 0 unspecified atom stereocenters. The van der Waals surface area contributed by atoms with Crippen molar-refractivity contribution in [2.45, 2.75) is 26.3 Å². The van der Waals surface area contributed by atoms with Crippen LogP contribution in [-0.2, 0) is 6.54 Å². The third-order valence-electron chi connectivity index (χ3n) is 4.77. The van der Waals surface area contributed by atoms with Crippen molar-refractivity contribution >= 4 is 23.2 Å². The Hall–Kier alpha value is -2.15. The van der Waals surface area contributed by atoms with E-state index in [9.17, 15) is 4.79 Å². The Balaban J connectivity index is 1.46. The molecule has 2 aliphatic rings. The second-order valence-corrected chi connectivity index (χ2v) is 7.19. The summed E-state index contributed by atoms with van der Waals surface area (Å²) in [5.41, 5.74) is 1.59. The molecule has 132 valence electrons. The summed E-state index contributed by atoms with van der Waals surface area (Å²) < 4.78 is 1.50. The van der Waals surface area contributed by atoms with E-state index >= 15 is 0 Å². The highest BCUT2D eigenvalue weighted by atomic mass is 35.5. The summed E-state index contributed by atoms with van der Waals surface area (Å²) in [5, 5.41) is 4.59. The molecule has 0 radical (unpaired) electrons. The Morgan fingerprint density at radius 3 is 2.36 bits per heavy atom. The molecule has 0 spiro atoms. The van der Waals surface area contributed by atoms with Crippen LogP contribution in [0.25, 0.3) is 0 Å². The van der Waals surface area contributed by atoms with Gasteiger partial charge >= 0.3 is 0 Å². The molecule has 0 amide bonds. The molecule has 1 saturated heterocycles. The van der Waals surface area contributed by atoms with Crippen LogP contribution in [0.5, 0.6) is 0 Å². The number of hydrogen-bond donors (Lipinski definition) is 0. The van der Waals surface area contributed by atoms with E-state index in [-0.39, 0.29) is 10.6 Å². The molecular weight excluding hydrogens is 340 g/mol. The fourth-order valence-corrected chi connectivity index (χ4v) is 3.31. The highest BCUT2D eigenvalue weighted by molar-refractivity contribution is 6.33. The summed E-state index contributed by atoms with van der Waals surface area (Å²) in [6.45, 7) is 5.73. The van der Waals surface area contributed by atoms with Gasteiger partial charge in [-0.2, -0.15) is 5.10 Å². The minimum absolute atomic E-state index is 0.185. The monoisotopic (exact) mass is 360 g/mol. The quantitative estimate of drug-likeness (QED) is 0.827. The van der Waals surface area contributed by atoms with Crippen LogP contribution >= 0.6 is 11.6 Å². The lowest BCUT2D eigenvalue weighted by Gasteiger charge is -2.36. The van der Waals surface area contributed by atoms with Crippen molar-refractivity contribution in [1.82, 2.24) is 19.7 Å². The lowest BCUT2D eigenvalue weighted by atomic mass is 10.3. The number of hydrogen-bond acceptors (Lipinski definition) is 6. The normalized spacial score (nSPS) is 17.8. The summed E-state index contributed by atoms with van der Waals surface area (Å²) in [6.07, 6.45) is 7.74. The number of anilines is 2. The standard InChI is InChI=1S/C17H21ClN6O/c1-12-8-19-17(20-9-12)23-6-4-22(5-7-23)14-10-21-24(11-13-2-3-13)16(25)15(14)18/h8-10,13H,2-7,11H2,1H3. The van der Waals surface area contributed by atoms with Gasteiger partial charge in [0.1, 0.15) is 5.02 Å². The second-order valence-electron chi connectivity index (χ2n) is 6.81. The van der Waals surface area contributed by atoms with Gasteiger partial charge in [0.15, 0.2) is 0 Å². The maximum absolute atomic E-state index is 12.4. The smallest absolute Gasteiger partial charge is 0.287 e. The summed E-state index contributed by atoms with van der Waals surface area (Å²) in [7, 11) is 0. The molecule has 1 aliphatic carbocycles. The fraction of sp³-hybridized carbons (Fsp3) is 0.529. The third kappa shape index (κ3) is 3.46. The molecular formula is C17H21ClN6O. The van der Waals surface area contributed by atoms with Gasteiger partial charge in [-0.3, -0.25) is 4.79 Å². The van der Waals surface area contributed by atoms with Crippen molar-refractivity contribution in [3.05, 3.63) is 39.5 Å². The predicted molar refractivity (Wildman–Crippen MR) is 97.4 cm³/mol. The maximum Gasteiger partial charge on any atom is 0.287 e. The maximum atomic E-state index is 12.4. The zero-order chi connectivity index (χ0) is 17.4. The lowest BCUT2D eigenvalue weighted by Crippen LogP contribution is -2.47. The van der Waals surface area contributed by atoms with E-state index in [1.807, 2.05) is 19.3 Å². The number of piperazine rings is 1. The van der Waals surface area contributed by atoms with Gasteiger partial charge in [0.05, 0.1) is 11.9 Å². The van der Waals surface area contributed by atoms with E-state index < -0.39 is 0 Å². The number of aromatic nitrogens is 4. The van der Waals surface area contributed by atoms with Gasteiger partial charge in [0, 0.05) is 45.1 Å². The van der Waals surface area contributed by atoms with Gasteiger partial charge in [0.2, 0.25) is 5.95 Å². The van der Waals surface area contributed by atoms with Crippen LogP contribution in [-0.4, -0.2) is 45.9 Å². The largest absolute Gasteiger partial charge is 0.365 e. The molecule has 2 aromatic rings. The summed E-state index contributed by atoms with van der Waals surface area (Å²) in [5.74, 6) is 1.33. The Kier molecular flexibility index (Phi) is 4.33. The molecule has 2 aromatic heterocycles. The van der Waals surface area contributed by atoms with Gasteiger partial charge < -0.3 is 9.80 Å². The topological polar surface area (TPSA) is 67.2 Å². The number of nitrogens with zero attached hydrogens (tertiary/aromatic N) is 6. The van der Waals surface area contributed by atoms with Crippen LogP contribution in [0.2, 0.25) is 5.02 Å². The van der Waals surface area contributed by atoms with E-state index in [1.165, 1.54) is 17.5 Å².